The summed E-state index contributed by atoms with van der Waals surface area (Å²) in [7, 11) is 1.37. The maximum atomic E-state index is 11.3. The van der Waals surface area contributed by atoms with E-state index in [1.165, 1.54) is 12.7 Å². The summed E-state index contributed by atoms with van der Waals surface area (Å²) >= 11 is 3.42. The van der Waals surface area contributed by atoms with Crippen molar-refractivity contribution in [1.82, 2.24) is 10.3 Å². The third-order valence-corrected chi connectivity index (χ3v) is 3.65. The quantitative estimate of drug-likeness (QED) is 0.822. The number of esters is 1. The molecule has 1 unspecified atom stereocenters. The van der Waals surface area contributed by atoms with Crippen LogP contribution in [0.2, 0.25) is 0 Å². The van der Waals surface area contributed by atoms with Crippen LogP contribution in [0.4, 0.5) is 0 Å². The summed E-state index contributed by atoms with van der Waals surface area (Å²) in [4.78, 5) is 14.4. The molecular formula is C15H17BrN2O2. The van der Waals surface area contributed by atoms with Gasteiger partial charge in [0, 0.05) is 22.8 Å². The van der Waals surface area contributed by atoms with Crippen LogP contribution in [-0.2, 0) is 11.3 Å². The van der Waals surface area contributed by atoms with Crippen molar-refractivity contribution in [3.63, 3.8) is 0 Å². The fourth-order valence-corrected chi connectivity index (χ4v) is 2.17. The summed E-state index contributed by atoms with van der Waals surface area (Å²) in [5.74, 6) is -0.350. The molecular weight excluding hydrogens is 320 g/mol. The summed E-state index contributed by atoms with van der Waals surface area (Å²) < 4.78 is 5.73. The predicted molar refractivity (Wildman–Crippen MR) is 81.5 cm³/mol. The second-order valence-electron chi connectivity index (χ2n) is 4.54. The number of aromatic nitrogens is 1. The highest BCUT2D eigenvalue weighted by Gasteiger charge is 2.09. The first-order valence-corrected chi connectivity index (χ1v) is 7.14. The molecule has 2 N–H and O–H groups in total. The Balaban J connectivity index is 1.93. The van der Waals surface area contributed by atoms with E-state index in [1.54, 1.807) is 6.07 Å². The molecule has 0 spiro atoms. The molecule has 1 aromatic carbocycles. The lowest BCUT2D eigenvalue weighted by Gasteiger charge is -2.13. The highest BCUT2D eigenvalue weighted by Crippen LogP contribution is 2.17. The van der Waals surface area contributed by atoms with Gasteiger partial charge in [0.2, 0.25) is 0 Å². The molecule has 1 heterocycles. The van der Waals surface area contributed by atoms with E-state index in [-0.39, 0.29) is 12.0 Å². The molecule has 0 aliphatic carbocycles. The Kier molecular flexibility index (Phi) is 4.98. The molecule has 0 aliphatic heterocycles. The summed E-state index contributed by atoms with van der Waals surface area (Å²) in [5, 5.41) is 3.41. The number of hydrogen-bond acceptors (Lipinski definition) is 3. The number of hydrogen-bond donors (Lipinski definition) is 2. The molecule has 0 saturated carbocycles. The van der Waals surface area contributed by atoms with Crippen molar-refractivity contribution in [1.29, 1.82) is 0 Å². The highest BCUT2D eigenvalue weighted by molar-refractivity contribution is 9.10. The van der Waals surface area contributed by atoms with Crippen LogP contribution in [0.15, 0.2) is 40.9 Å². The summed E-state index contributed by atoms with van der Waals surface area (Å²) in [5.41, 5.74) is 2.64. The van der Waals surface area contributed by atoms with E-state index in [0.29, 0.717) is 12.2 Å². The van der Waals surface area contributed by atoms with Gasteiger partial charge in [0.05, 0.1) is 7.11 Å². The molecule has 0 saturated heterocycles. The van der Waals surface area contributed by atoms with Crippen LogP contribution in [0, 0.1) is 0 Å². The SMILES string of the molecule is COC(=O)c1ccc(CNC(C)c2ccc(Br)cc2)[nH]1. The summed E-state index contributed by atoms with van der Waals surface area (Å²) in [6.45, 7) is 2.77. The Hall–Kier alpha value is -1.59. The number of benzene rings is 1. The lowest BCUT2D eigenvalue weighted by atomic mass is 10.1. The number of methoxy groups -OCH3 is 1. The number of rotatable bonds is 5. The van der Waals surface area contributed by atoms with Gasteiger partial charge >= 0.3 is 5.97 Å². The minimum Gasteiger partial charge on any atom is -0.464 e. The fourth-order valence-electron chi connectivity index (χ4n) is 1.90. The minimum atomic E-state index is -0.350. The topological polar surface area (TPSA) is 54.1 Å². The Labute approximate surface area is 126 Å². The normalized spacial score (nSPS) is 12.2. The van der Waals surface area contributed by atoms with Crippen molar-refractivity contribution in [3.05, 3.63) is 57.8 Å². The second-order valence-corrected chi connectivity index (χ2v) is 5.46. The highest BCUT2D eigenvalue weighted by atomic mass is 79.9. The summed E-state index contributed by atoms with van der Waals surface area (Å²) in [6.07, 6.45) is 0. The van der Waals surface area contributed by atoms with E-state index in [1.807, 2.05) is 18.2 Å². The zero-order valence-corrected chi connectivity index (χ0v) is 13.0. The van der Waals surface area contributed by atoms with Crippen LogP contribution in [-0.4, -0.2) is 18.1 Å². The molecule has 4 nitrogen and oxygen atoms in total. The van der Waals surface area contributed by atoms with E-state index in [2.05, 4.69) is 50.0 Å². The first-order valence-electron chi connectivity index (χ1n) is 6.35. The first-order chi connectivity index (χ1) is 9.60. The number of halogens is 1. The molecule has 1 atom stereocenters. The van der Waals surface area contributed by atoms with Crippen molar-refractivity contribution in [2.75, 3.05) is 7.11 Å². The van der Waals surface area contributed by atoms with E-state index >= 15 is 0 Å². The van der Waals surface area contributed by atoms with Gasteiger partial charge in [0.1, 0.15) is 5.69 Å². The van der Waals surface area contributed by atoms with Gasteiger partial charge in [-0.15, -0.1) is 0 Å². The number of carbonyl (C=O) groups excluding carboxylic acids is 1. The Bertz CT molecular complexity index is 578. The third kappa shape index (κ3) is 3.71. The van der Waals surface area contributed by atoms with Crippen LogP contribution in [0.3, 0.4) is 0 Å². The average Bonchev–Trinajstić information content (AvgIpc) is 2.93. The van der Waals surface area contributed by atoms with Crippen LogP contribution >= 0.6 is 15.9 Å². The minimum absolute atomic E-state index is 0.230. The molecule has 2 aromatic rings. The number of H-pyrrole nitrogens is 1. The molecule has 0 amide bonds. The molecule has 1 aromatic heterocycles. The van der Waals surface area contributed by atoms with Crippen LogP contribution in [0.1, 0.15) is 34.7 Å². The maximum absolute atomic E-state index is 11.3. The zero-order valence-electron chi connectivity index (χ0n) is 11.4. The van der Waals surface area contributed by atoms with Crippen molar-refractivity contribution in [3.8, 4) is 0 Å². The van der Waals surface area contributed by atoms with Crippen LogP contribution in [0.25, 0.3) is 0 Å². The van der Waals surface area contributed by atoms with Gasteiger partial charge in [0.25, 0.3) is 0 Å². The van der Waals surface area contributed by atoms with Gasteiger partial charge in [0.15, 0.2) is 0 Å². The second kappa shape index (κ2) is 6.72. The molecule has 0 bridgehead atoms. The standard InChI is InChI=1S/C15H17BrN2O2/c1-10(11-3-5-12(16)6-4-11)17-9-13-7-8-14(18-13)15(19)20-2/h3-8,10,17-18H,9H2,1-2H3. The van der Waals surface area contributed by atoms with Gasteiger partial charge in [-0.1, -0.05) is 28.1 Å². The molecule has 2 rings (SSSR count). The van der Waals surface area contributed by atoms with Crippen molar-refractivity contribution in [2.24, 2.45) is 0 Å². The average molecular weight is 337 g/mol. The molecule has 106 valence electrons. The van der Waals surface area contributed by atoms with Crippen molar-refractivity contribution in [2.45, 2.75) is 19.5 Å². The van der Waals surface area contributed by atoms with E-state index in [9.17, 15) is 4.79 Å². The monoisotopic (exact) mass is 336 g/mol. The van der Waals surface area contributed by atoms with E-state index in [0.717, 1.165) is 10.2 Å². The van der Waals surface area contributed by atoms with E-state index in [4.69, 9.17) is 0 Å². The molecule has 0 fully saturated rings. The van der Waals surface area contributed by atoms with Crippen LogP contribution in [0.5, 0.6) is 0 Å². The zero-order chi connectivity index (χ0) is 14.5. The van der Waals surface area contributed by atoms with Gasteiger partial charge in [-0.3, -0.25) is 0 Å². The Morgan fingerprint density at radius 1 is 1.30 bits per heavy atom. The summed E-state index contributed by atoms with van der Waals surface area (Å²) in [6, 6.07) is 12.1. The number of nitrogens with one attached hydrogen (secondary N) is 2. The maximum Gasteiger partial charge on any atom is 0.354 e. The first kappa shape index (κ1) is 14.8. The van der Waals surface area contributed by atoms with Gasteiger partial charge in [-0.25, -0.2) is 4.79 Å². The van der Waals surface area contributed by atoms with Gasteiger partial charge in [-0.05, 0) is 36.8 Å². The lowest BCUT2D eigenvalue weighted by molar-refractivity contribution is 0.0594. The molecule has 20 heavy (non-hydrogen) atoms. The van der Waals surface area contributed by atoms with Gasteiger partial charge in [-0.2, -0.15) is 0 Å². The molecule has 0 radical (unpaired) electrons. The molecule has 0 aliphatic rings. The van der Waals surface area contributed by atoms with Crippen LogP contribution < -0.4 is 5.32 Å². The number of carbonyl (C=O) groups is 1. The number of ether oxygens (including phenoxy) is 1. The lowest BCUT2D eigenvalue weighted by Crippen LogP contribution is -2.18. The Morgan fingerprint density at radius 3 is 2.65 bits per heavy atom. The van der Waals surface area contributed by atoms with Gasteiger partial charge < -0.3 is 15.0 Å². The van der Waals surface area contributed by atoms with Crippen molar-refractivity contribution < 1.29 is 9.53 Å². The smallest absolute Gasteiger partial charge is 0.354 e. The fraction of sp³-hybridized carbons (Fsp3) is 0.267. The number of aromatic amines is 1. The largest absolute Gasteiger partial charge is 0.464 e. The third-order valence-electron chi connectivity index (χ3n) is 3.12. The Morgan fingerprint density at radius 2 is 2.00 bits per heavy atom. The predicted octanol–water partition coefficient (Wildman–Crippen LogP) is 3.41. The molecule has 5 heteroatoms. The van der Waals surface area contributed by atoms with Crippen molar-refractivity contribution >= 4 is 21.9 Å². The van der Waals surface area contributed by atoms with E-state index < -0.39 is 0 Å².